The molecule has 4 fully saturated rings. The van der Waals surface area contributed by atoms with Crippen LogP contribution in [-0.4, -0.2) is 83.1 Å². The van der Waals surface area contributed by atoms with Gasteiger partial charge in [0.25, 0.3) is 5.91 Å². The lowest BCUT2D eigenvalue weighted by atomic mass is 10.0. The van der Waals surface area contributed by atoms with Crippen LogP contribution in [0, 0.1) is 5.92 Å². The van der Waals surface area contributed by atoms with Crippen molar-refractivity contribution >= 4 is 55.8 Å². The number of methoxy groups -OCH3 is 1. The Morgan fingerprint density at radius 2 is 1.73 bits per heavy atom. The molecule has 3 N–H and O–H groups in total. The van der Waals surface area contributed by atoms with Gasteiger partial charge in [0.05, 0.1) is 34.3 Å². The molecule has 2 saturated heterocycles. The summed E-state index contributed by atoms with van der Waals surface area (Å²) in [6, 6.07) is 17.2. The van der Waals surface area contributed by atoms with Crippen LogP contribution in [0.15, 0.2) is 66.0 Å². The second-order valence-corrected chi connectivity index (χ2v) is 19.0. The van der Waals surface area contributed by atoms with E-state index in [4.69, 9.17) is 19.4 Å². The first-order valence-electron chi connectivity index (χ1n) is 19.6. The number of anilines is 1. The molecular formula is C41H48N6O7S2. The van der Waals surface area contributed by atoms with E-state index in [0.29, 0.717) is 54.6 Å². The van der Waals surface area contributed by atoms with Crippen molar-refractivity contribution in [2.75, 3.05) is 19.0 Å². The highest BCUT2D eigenvalue weighted by molar-refractivity contribution is 7.91. The van der Waals surface area contributed by atoms with E-state index in [2.05, 4.69) is 15.4 Å². The second kappa shape index (κ2) is 15.3. The molecule has 5 atom stereocenters. The number of hydrogen-bond acceptors (Lipinski definition) is 11. The number of carbonyl (C=O) groups excluding carboxylic acids is 3. The summed E-state index contributed by atoms with van der Waals surface area (Å²) in [6.07, 6.45) is 6.50. The minimum atomic E-state index is -3.94. The first kappa shape index (κ1) is 38.1. The van der Waals surface area contributed by atoms with Gasteiger partial charge < -0.3 is 25.0 Å². The molecule has 0 spiro atoms. The fourth-order valence-electron chi connectivity index (χ4n) is 8.05. The molecule has 0 bridgehead atoms. The van der Waals surface area contributed by atoms with Crippen LogP contribution < -0.4 is 24.8 Å². The maximum atomic E-state index is 14.7. The summed E-state index contributed by atoms with van der Waals surface area (Å²) in [7, 11) is -2.35. The molecule has 15 heteroatoms. The maximum Gasteiger partial charge on any atom is 0.259 e. The number of nitrogens with zero attached hydrogens (tertiary/aromatic N) is 3. The van der Waals surface area contributed by atoms with Crippen LogP contribution in [-0.2, 0) is 24.4 Å². The molecule has 2 saturated carbocycles. The van der Waals surface area contributed by atoms with E-state index >= 15 is 0 Å². The number of ether oxygens (including phenoxy) is 2. The topological polar surface area (TPSA) is 169 Å². The Kier molecular flexibility index (Phi) is 10.4. The third-order valence-electron chi connectivity index (χ3n) is 11.9. The number of carbonyl (C=O) groups is 3. The molecule has 4 aromatic rings. The Morgan fingerprint density at radius 1 is 0.964 bits per heavy atom. The number of amides is 3. The number of para-hydroxylation sites is 1. The quantitative estimate of drug-likeness (QED) is 0.188. The van der Waals surface area contributed by atoms with Crippen LogP contribution in [0.25, 0.3) is 21.6 Å². The van der Waals surface area contributed by atoms with Crippen LogP contribution in [0.4, 0.5) is 5.69 Å². The van der Waals surface area contributed by atoms with Crippen molar-refractivity contribution in [3.8, 4) is 22.2 Å². The van der Waals surface area contributed by atoms with E-state index in [1.165, 1.54) is 11.3 Å². The van der Waals surface area contributed by atoms with Gasteiger partial charge in [0.15, 0.2) is 0 Å². The largest absolute Gasteiger partial charge is 0.497 e. The van der Waals surface area contributed by atoms with Gasteiger partial charge in [-0.15, -0.1) is 11.3 Å². The average molecular weight is 801 g/mol. The summed E-state index contributed by atoms with van der Waals surface area (Å²) in [5.41, 5.74) is 1.16. The highest BCUT2D eigenvalue weighted by Crippen LogP contribution is 2.49. The van der Waals surface area contributed by atoms with E-state index in [9.17, 15) is 22.8 Å². The number of hydrogen-bond donors (Lipinski definition) is 3. The molecule has 4 aliphatic rings. The molecule has 13 nitrogen and oxygen atoms in total. The van der Waals surface area contributed by atoms with Gasteiger partial charge in [0.2, 0.25) is 27.7 Å². The zero-order valence-corrected chi connectivity index (χ0v) is 33.3. The summed E-state index contributed by atoms with van der Waals surface area (Å²) in [5, 5.41) is 8.40. The molecule has 2 aromatic carbocycles. The van der Waals surface area contributed by atoms with Gasteiger partial charge in [-0.05, 0) is 80.7 Å². The molecule has 3 amide bonds. The highest BCUT2D eigenvalue weighted by atomic mass is 32.2. The molecule has 4 heterocycles. The number of aromatic nitrogens is 2. The number of nitrogens with one attached hydrogen (secondary N) is 3. The molecule has 0 unspecified atom stereocenters. The fourth-order valence-corrected chi connectivity index (χ4v) is 10.1. The van der Waals surface area contributed by atoms with Gasteiger partial charge in [0.1, 0.15) is 35.2 Å². The fraction of sp³-hybridized carbons (Fsp3) is 0.488. The summed E-state index contributed by atoms with van der Waals surface area (Å²) >= 11 is 1.49. The van der Waals surface area contributed by atoms with Gasteiger partial charge in [-0.2, -0.15) is 0 Å². The van der Waals surface area contributed by atoms with Crippen molar-refractivity contribution in [2.45, 2.75) is 106 Å². The van der Waals surface area contributed by atoms with Gasteiger partial charge in [-0.3, -0.25) is 19.1 Å². The lowest BCUT2D eigenvalue weighted by Gasteiger charge is -2.30. The van der Waals surface area contributed by atoms with Gasteiger partial charge in [-0.25, -0.2) is 18.4 Å². The Balaban J connectivity index is 1.12. The number of fused-ring (bicyclic) bond motifs is 3. The number of sulfonamides is 1. The van der Waals surface area contributed by atoms with Gasteiger partial charge >= 0.3 is 0 Å². The van der Waals surface area contributed by atoms with E-state index in [1.807, 2.05) is 60.0 Å². The molecule has 56 heavy (non-hydrogen) atoms. The average Bonchev–Trinajstić information content (AvgIpc) is 3.94. The Labute approximate surface area is 331 Å². The lowest BCUT2D eigenvalue weighted by Crippen LogP contribution is -2.58. The Hall–Kier alpha value is -4.76. The Morgan fingerprint density at radius 3 is 2.46 bits per heavy atom. The van der Waals surface area contributed by atoms with Crippen LogP contribution in [0.1, 0.15) is 77.6 Å². The second-order valence-electron chi connectivity index (χ2n) is 15.8. The van der Waals surface area contributed by atoms with Crippen LogP contribution in [0.3, 0.4) is 0 Å². The molecule has 2 aromatic heterocycles. The van der Waals surface area contributed by atoms with Crippen molar-refractivity contribution < 1.29 is 32.3 Å². The summed E-state index contributed by atoms with van der Waals surface area (Å²) in [4.78, 5) is 55.5. The van der Waals surface area contributed by atoms with Crippen molar-refractivity contribution in [2.24, 2.45) is 5.92 Å². The van der Waals surface area contributed by atoms with Crippen molar-refractivity contribution in [1.82, 2.24) is 24.9 Å². The minimum Gasteiger partial charge on any atom is -0.497 e. The van der Waals surface area contributed by atoms with Crippen molar-refractivity contribution in [3.05, 3.63) is 66.0 Å². The molecule has 0 radical (unpaired) electrons. The molecule has 2 aliphatic heterocycles. The molecule has 296 valence electrons. The van der Waals surface area contributed by atoms with E-state index in [1.54, 1.807) is 25.0 Å². The monoisotopic (exact) mass is 800 g/mol. The van der Waals surface area contributed by atoms with E-state index < -0.39 is 50.3 Å². The summed E-state index contributed by atoms with van der Waals surface area (Å²) in [5.74, 6) is -0.764. The normalized spacial score (nSPS) is 26.5. The van der Waals surface area contributed by atoms with Crippen LogP contribution in [0.5, 0.6) is 11.6 Å². The third-order valence-corrected chi connectivity index (χ3v) is 14.9. The van der Waals surface area contributed by atoms with Crippen molar-refractivity contribution in [3.63, 3.8) is 0 Å². The van der Waals surface area contributed by atoms with Crippen molar-refractivity contribution in [1.29, 1.82) is 0 Å². The van der Waals surface area contributed by atoms with Gasteiger partial charge in [-0.1, -0.05) is 56.4 Å². The SMILES string of the molecule is COc1ccc2nc(O[C@@H]3C[C@H]4C(=O)N[C@]5(C(=O)NS(=O)(=O)C6(C)CC6)C[C@H]5CCCCCCC[C@H](Nc5ccccc5)C(=O)N4C3)c(-c3cccs3)nc2c1. The van der Waals surface area contributed by atoms with E-state index in [0.717, 1.165) is 42.7 Å². The maximum absolute atomic E-state index is 14.7. The first-order chi connectivity index (χ1) is 27.0. The predicted molar refractivity (Wildman–Crippen MR) is 214 cm³/mol. The summed E-state index contributed by atoms with van der Waals surface area (Å²) in [6.45, 7) is 1.72. The zero-order chi connectivity index (χ0) is 39.1. The van der Waals surface area contributed by atoms with Gasteiger partial charge in [0, 0.05) is 18.2 Å². The van der Waals surface area contributed by atoms with E-state index in [-0.39, 0.29) is 30.7 Å². The number of thiophene rings is 1. The lowest BCUT2D eigenvalue weighted by molar-refractivity contribution is -0.140. The Bertz CT molecular complexity index is 2220. The number of rotatable bonds is 9. The zero-order valence-electron chi connectivity index (χ0n) is 31.7. The van der Waals surface area contributed by atoms with Crippen LogP contribution in [0.2, 0.25) is 0 Å². The highest BCUT2D eigenvalue weighted by Gasteiger charge is 2.63. The first-order valence-corrected chi connectivity index (χ1v) is 21.9. The molecule has 8 rings (SSSR count). The third kappa shape index (κ3) is 7.67. The molecular weight excluding hydrogens is 753 g/mol. The minimum absolute atomic E-state index is 0.0887. The predicted octanol–water partition coefficient (Wildman–Crippen LogP) is 5.81. The smallest absolute Gasteiger partial charge is 0.259 e. The molecule has 2 aliphatic carbocycles. The van der Waals surface area contributed by atoms with Crippen LogP contribution >= 0.6 is 11.3 Å². The summed E-state index contributed by atoms with van der Waals surface area (Å²) < 4.78 is 39.9. The number of benzene rings is 2. The standard InChI is InChI=1S/C41H48N6O7S2/c1-40(19-20-40)56(51,52)46-39(50)41-24-26(41)12-7-4-3-5-10-15-31(42-27-13-8-6-9-14-27)38(49)47-25-29(23-33(47)36(48)45-41)54-37-35(34-16-11-21-55-34)43-32-22-28(53-2)17-18-30(32)44-37/h6,8-9,11,13-14,16-18,21-22,26,29,31,33,42H,3-5,7,10,12,15,19-20,23-25H2,1-2H3,(H,45,48)(H,46,50)/t26-,29-,31+,33+,41-/m1/s1.